The Kier molecular flexibility index (Phi) is 6.69. The maximum Gasteiger partial charge on any atom is 0.262 e. The molecule has 27 heavy (non-hydrogen) atoms. The zero-order chi connectivity index (χ0) is 19.1. The molecule has 140 valence electrons. The number of benzene rings is 1. The molecule has 1 N–H and O–H groups in total. The maximum atomic E-state index is 12.2. The van der Waals surface area contributed by atoms with Crippen LogP contribution in [-0.2, 0) is 16.1 Å². The molecule has 1 aromatic carbocycles. The summed E-state index contributed by atoms with van der Waals surface area (Å²) in [6.45, 7) is 1.37. The van der Waals surface area contributed by atoms with Crippen molar-refractivity contribution < 1.29 is 18.7 Å². The van der Waals surface area contributed by atoms with Crippen molar-refractivity contribution in [3.8, 4) is 11.8 Å². The molecule has 1 aromatic heterocycles. The third-order valence-corrected chi connectivity index (χ3v) is 4.52. The van der Waals surface area contributed by atoms with Gasteiger partial charge >= 0.3 is 0 Å². The van der Waals surface area contributed by atoms with Crippen molar-refractivity contribution in [2.45, 2.75) is 25.6 Å². The van der Waals surface area contributed by atoms with E-state index in [9.17, 15) is 10.1 Å². The summed E-state index contributed by atoms with van der Waals surface area (Å²) in [7, 11) is 0. The lowest BCUT2D eigenvalue weighted by Crippen LogP contribution is -2.32. The normalized spacial score (nSPS) is 16.7. The van der Waals surface area contributed by atoms with Gasteiger partial charge in [-0.3, -0.25) is 4.79 Å². The summed E-state index contributed by atoms with van der Waals surface area (Å²) >= 11 is 3.39. The minimum atomic E-state index is -0.434. The van der Waals surface area contributed by atoms with Crippen LogP contribution >= 0.6 is 15.9 Å². The van der Waals surface area contributed by atoms with Crippen molar-refractivity contribution in [1.29, 1.82) is 5.26 Å². The Labute approximate surface area is 165 Å². The number of carbonyl (C=O) groups is 1. The van der Waals surface area contributed by atoms with E-state index in [1.807, 2.05) is 30.3 Å². The van der Waals surface area contributed by atoms with Gasteiger partial charge in [0.15, 0.2) is 0 Å². The molecule has 1 aliphatic heterocycles. The van der Waals surface area contributed by atoms with Crippen LogP contribution in [0.2, 0.25) is 0 Å². The molecule has 7 heteroatoms. The lowest BCUT2D eigenvalue weighted by Gasteiger charge is -2.09. The van der Waals surface area contributed by atoms with Crippen molar-refractivity contribution in [1.82, 2.24) is 5.32 Å². The first-order valence-corrected chi connectivity index (χ1v) is 9.42. The number of nitriles is 1. The second-order valence-electron chi connectivity index (χ2n) is 6.06. The highest BCUT2D eigenvalue weighted by Crippen LogP contribution is 2.20. The molecule has 2 aromatic rings. The third kappa shape index (κ3) is 5.71. The van der Waals surface area contributed by atoms with E-state index in [0.29, 0.717) is 23.8 Å². The fourth-order valence-electron chi connectivity index (χ4n) is 2.66. The SMILES string of the molecule is N#C/C(=C\c1ccc(COc2cccc(Br)c2)o1)C(=O)NCC1CCCO1. The fourth-order valence-corrected chi connectivity index (χ4v) is 3.04. The van der Waals surface area contributed by atoms with Crippen molar-refractivity contribution in [2.24, 2.45) is 0 Å². The minimum absolute atomic E-state index is 0.0122. The molecule has 0 aliphatic carbocycles. The van der Waals surface area contributed by atoms with Crippen molar-refractivity contribution in [3.05, 3.63) is 58.0 Å². The first kappa shape index (κ1) is 19.2. The van der Waals surface area contributed by atoms with Gasteiger partial charge in [0.25, 0.3) is 5.91 Å². The van der Waals surface area contributed by atoms with Gasteiger partial charge in [-0.05, 0) is 43.2 Å². The smallest absolute Gasteiger partial charge is 0.262 e. The zero-order valence-electron chi connectivity index (χ0n) is 14.6. The second-order valence-corrected chi connectivity index (χ2v) is 6.98. The molecule has 0 radical (unpaired) electrons. The lowest BCUT2D eigenvalue weighted by molar-refractivity contribution is -0.117. The number of nitrogens with zero attached hydrogens (tertiary/aromatic N) is 1. The van der Waals surface area contributed by atoms with Crippen molar-refractivity contribution >= 4 is 27.9 Å². The highest BCUT2D eigenvalue weighted by atomic mass is 79.9. The van der Waals surface area contributed by atoms with E-state index in [0.717, 1.165) is 23.9 Å². The molecule has 1 fully saturated rings. The predicted octanol–water partition coefficient (Wildman–Crippen LogP) is 3.82. The highest BCUT2D eigenvalue weighted by molar-refractivity contribution is 9.10. The summed E-state index contributed by atoms with van der Waals surface area (Å²) in [5.74, 6) is 1.30. The van der Waals surface area contributed by atoms with E-state index in [-0.39, 0.29) is 18.3 Å². The van der Waals surface area contributed by atoms with Gasteiger partial charge in [0, 0.05) is 23.7 Å². The van der Waals surface area contributed by atoms with Crippen LogP contribution in [0.15, 0.2) is 50.9 Å². The van der Waals surface area contributed by atoms with E-state index in [1.54, 1.807) is 12.1 Å². The van der Waals surface area contributed by atoms with Gasteiger partial charge in [0.2, 0.25) is 0 Å². The highest BCUT2D eigenvalue weighted by Gasteiger charge is 2.18. The van der Waals surface area contributed by atoms with Crippen LogP contribution in [-0.4, -0.2) is 25.2 Å². The number of carbonyl (C=O) groups excluding carboxylic acids is 1. The van der Waals surface area contributed by atoms with Crippen LogP contribution in [0.1, 0.15) is 24.4 Å². The van der Waals surface area contributed by atoms with Gasteiger partial charge < -0.3 is 19.2 Å². The molecule has 1 atom stereocenters. The molecule has 1 saturated heterocycles. The van der Waals surface area contributed by atoms with Gasteiger partial charge in [0.05, 0.1) is 6.10 Å². The summed E-state index contributed by atoms with van der Waals surface area (Å²) in [6.07, 6.45) is 3.37. The fraction of sp³-hybridized carbons (Fsp3) is 0.300. The molecular formula is C20H19BrN2O4. The average molecular weight is 431 g/mol. The van der Waals surface area contributed by atoms with Crippen LogP contribution < -0.4 is 10.1 Å². The summed E-state index contributed by atoms with van der Waals surface area (Å²) < 4.78 is 17.7. The molecule has 1 unspecified atom stereocenters. The topological polar surface area (TPSA) is 84.5 Å². The summed E-state index contributed by atoms with van der Waals surface area (Å²) in [5, 5.41) is 12.0. The molecular weight excluding hydrogens is 412 g/mol. The lowest BCUT2D eigenvalue weighted by atomic mass is 10.2. The first-order chi connectivity index (χ1) is 13.1. The van der Waals surface area contributed by atoms with Crippen molar-refractivity contribution in [3.63, 3.8) is 0 Å². The Morgan fingerprint density at radius 1 is 1.41 bits per heavy atom. The van der Waals surface area contributed by atoms with Gasteiger partial charge in [0.1, 0.15) is 35.5 Å². The Morgan fingerprint density at radius 3 is 3.04 bits per heavy atom. The van der Waals surface area contributed by atoms with Crippen LogP contribution in [0.3, 0.4) is 0 Å². The summed E-state index contributed by atoms with van der Waals surface area (Å²) in [5.41, 5.74) is -0.0122. The number of amides is 1. The Hall–Kier alpha value is -2.56. The number of hydrogen-bond acceptors (Lipinski definition) is 5. The molecule has 0 spiro atoms. The summed E-state index contributed by atoms with van der Waals surface area (Å²) in [4.78, 5) is 12.2. The Bertz CT molecular complexity index is 863. The largest absolute Gasteiger partial charge is 0.486 e. The van der Waals surface area contributed by atoms with E-state index in [4.69, 9.17) is 13.9 Å². The van der Waals surface area contributed by atoms with Gasteiger partial charge in [-0.1, -0.05) is 22.0 Å². The molecule has 1 amide bonds. The van der Waals surface area contributed by atoms with E-state index in [2.05, 4.69) is 21.2 Å². The molecule has 0 bridgehead atoms. The molecule has 0 saturated carbocycles. The van der Waals surface area contributed by atoms with Crippen LogP contribution in [0.25, 0.3) is 6.08 Å². The van der Waals surface area contributed by atoms with Crippen LogP contribution in [0.5, 0.6) is 5.75 Å². The van der Waals surface area contributed by atoms with E-state index in [1.165, 1.54) is 6.08 Å². The Morgan fingerprint density at radius 2 is 2.30 bits per heavy atom. The van der Waals surface area contributed by atoms with Gasteiger partial charge in [-0.25, -0.2) is 0 Å². The molecule has 2 heterocycles. The maximum absolute atomic E-state index is 12.2. The first-order valence-electron chi connectivity index (χ1n) is 8.63. The van der Waals surface area contributed by atoms with Gasteiger partial charge in [-0.2, -0.15) is 5.26 Å². The quantitative estimate of drug-likeness (QED) is 0.532. The number of nitrogens with one attached hydrogen (secondary N) is 1. The molecule has 3 rings (SSSR count). The summed E-state index contributed by atoms with van der Waals surface area (Å²) in [6, 6.07) is 12.9. The van der Waals surface area contributed by atoms with E-state index >= 15 is 0 Å². The van der Waals surface area contributed by atoms with Crippen LogP contribution in [0.4, 0.5) is 0 Å². The Balaban J connectivity index is 1.56. The number of rotatable bonds is 7. The molecule has 6 nitrogen and oxygen atoms in total. The minimum Gasteiger partial charge on any atom is -0.486 e. The van der Waals surface area contributed by atoms with Gasteiger partial charge in [-0.15, -0.1) is 0 Å². The van der Waals surface area contributed by atoms with Crippen molar-refractivity contribution in [2.75, 3.05) is 13.2 Å². The number of ether oxygens (including phenoxy) is 2. The second kappa shape index (κ2) is 9.40. The van der Waals surface area contributed by atoms with Crippen LogP contribution in [0, 0.1) is 11.3 Å². The average Bonchev–Trinajstić information content (AvgIpc) is 3.34. The van der Waals surface area contributed by atoms with E-state index < -0.39 is 5.91 Å². The predicted molar refractivity (Wildman–Crippen MR) is 103 cm³/mol. The standard InChI is InChI=1S/C20H19BrN2O4/c21-15-3-1-4-16(10-15)26-13-19-7-6-17(27-19)9-14(11-22)20(24)23-12-18-5-2-8-25-18/h1,3-4,6-7,9-10,18H,2,5,8,12-13H2,(H,23,24)/b14-9+. The number of hydrogen-bond donors (Lipinski definition) is 1. The third-order valence-electron chi connectivity index (χ3n) is 4.03. The molecule has 1 aliphatic rings. The zero-order valence-corrected chi connectivity index (χ0v) is 16.2. The number of furan rings is 1. The number of halogens is 1. The monoisotopic (exact) mass is 430 g/mol.